The largest absolute Gasteiger partial charge is 0.329 e. The summed E-state index contributed by atoms with van der Waals surface area (Å²) in [5.74, 6) is -1.48. The molecule has 1 aromatic heterocycles. The highest BCUT2D eigenvalue weighted by atomic mass is 16.6. The van der Waals surface area contributed by atoms with E-state index in [1.165, 1.54) is 6.08 Å². The van der Waals surface area contributed by atoms with Crippen LogP contribution in [0.3, 0.4) is 0 Å². The van der Waals surface area contributed by atoms with Crippen LogP contribution in [0, 0.1) is 6.92 Å². The summed E-state index contributed by atoms with van der Waals surface area (Å²) in [6.45, 7) is 1.76. The Labute approximate surface area is 236 Å². The fraction of sp³-hybridized carbons (Fsp3) is 0.0968. The van der Waals surface area contributed by atoms with Crippen molar-refractivity contribution >= 4 is 35.5 Å². The lowest BCUT2D eigenvalue weighted by atomic mass is 10.2. The molecule has 0 unspecified atom stereocenters. The maximum absolute atomic E-state index is 12.9. The summed E-state index contributed by atoms with van der Waals surface area (Å²) >= 11 is 0. The van der Waals surface area contributed by atoms with Gasteiger partial charge in [-0.3, -0.25) is 19.2 Å². The molecule has 0 bridgehead atoms. The van der Waals surface area contributed by atoms with Gasteiger partial charge in [-0.05, 0) is 67.1 Å². The van der Waals surface area contributed by atoms with Gasteiger partial charge in [0.1, 0.15) is 12.2 Å². The van der Waals surface area contributed by atoms with E-state index in [0.29, 0.717) is 16.9 Å². The van der Waals surface area contributed by atoms with Crippen molar-refractivity contribution in [2.24, 2.45) is 0 Å². The van der Waals surface area contributed by atoms with E-state index in [0.717, 1.165) is 21.7 Å². The number of rotatable bonds is 9. The highest BCUT2D eigenvalue weighted by Crippen LogP contribution is 2.19. The second-order valence-corrected chi connectivity index (χ2v) is 9.35. The Hall–Kier alpha value is -5.48. The van der Waals surface area contributed by atoms with E-state index in [9.17, 15) is 19.2 Å². The summed E-state index contributed by atoms with van der Waals surface area (Å²) in [6, 6.07) is 26.4. The lowest BCUT2D eigenvalue weighted by Gasteiger charge is -2.12. The summed E-state index contributed by atoms with van der Waals surface area (Å²) in [6.07, 6.45) is 3.33. The van der Waals surface area contributed by atoms with E-state index in [-0.39, 0.29) is 18.2 Å². The molecule has 206 valence electrons. The van der Waals surface area contributed by atoms with E-state index in [2.05, 4.69) is 16.1 Å². The minimum absolute atomic E-state index is 0.0460. The van der Waals surface area contributed by atoms with E-state index in [4.69, 9.17) is 4.84 Å². The molecule has 2 heterocycles. The van der Waals surface area contributed by atoms with Crippen LogP contribution in [0.1, 0.15) is 27.2 Å². The van der Waals surface area contributed by atoms with Crippen LogP contribution in [0.4, 0.5) is 10.5 Å². The van der Waals surface area contributed by atoms with Crippen molar-refractivity contribution in [3.63, 3.8) is 0 Å². The normalized spacial score (nSPS) is 13.8. The van der Waals surface area contributed by atoms with Gasteiger partial charge in [0.2, 0.25) is 5.91 Å². The van der Waals surface area contributed by atoms with Crippen molar-refractivity contribution in [2.75, 3.05) is 11.9 Å². The number of imide groups is 1. The van der Waals surface area contributed by atoms with Crippen molar-refractivity contribution in [3.8, 4) is 5.69 Å². The number of aryl methyl sites for hydroxylation is 1. The van der Waals surface area contributed by atoms with Crippen molar-refractivity contribution < 1.29 is 24.0 Å². The van der Waals surface area contributed by atoms with Crippen LogP contribution in [0.15, 0.2) is 103 Å². The van der Waals surface area contributed by atoms with Crippen LogP contribution in [-0.4, -0.2) is 39.8 Å². The first-order valence-electron chi connectivity index (χ1n) is 12.8. The van der Waals surface area contributed by atoms with Crippen molar-refractivity contribution in [2.45, 2.75) is 13.5 Å². The molecule has 5 rings (SSSR count). The van der Waals surface area contributed by atoms with E-state index in [1.54, 1.807) is 59.3 Å². The minimum atomic E-state index is -0.678. The predicted molar refractivity (Wildman–Crippen MR) is 152 cm³/mol. The summed E-state index contributed by atoms with van der Waals surface area (Å²) in [7, 11) is 0. The van der Waals surface area contributed by atoms with Gasteiger partial charge in [-0.15, -0.1) is 0 Å². The molecule has 10 heteroatoms. The van der Waals surface area contributed by atoms with Gasteiger partial charge < -0.3 is 15.2 Å². The number of nitrogens with one attached hydrogen (secondary N) is 3. The molecular formula is C31H27N5O5. The number of anilines is 1. The molecule has 10 nitrogen and oxygen atoms in total. The zero-order valence-corrected chi connectivity index (χ0v) is 22.2. The number of amides is 5. The highest BCUT2D eigenvalue weighted by molar-refractivity contribution is 6.15. The average molecular weight is 550 g/mol. The van der Waals surface area contributed by atoms with Gasteiger partial charge in [-0.25, -0.2) is 15.2 Å². The van der Waals surface area contributed by atoms with Crippen LogP contribution in [0.25, 0.3) is 11.8 Å². The highest BCUT2D eigenvalue weighted by Gasteiger charge is 2.35. The third kappa shape index (κ3) is 6.57. The second-order valence-electron chi connectivity index (χ2n) is 9.35. The number of aromatic nitrogens is 1. The van der Waals surface area contributed by atoms with Gasteiger partial charge in [0, 0.05) is 28.8 Å². The first-order valence-corrected chi connectivity index (χ1v) is 12.8. The Morgan fingerprint density at radius 2 is 1.63 bits per heavy atom. The maximum atomic E-state index is 12.9. The molecule has 0 saturated carbocycles. The third-order valence-electron chi connectivity index (χ3n) is 6.33. The number of carbonyl (C=O) groups excluding carboxylic acids is 4. The quantitative estimate of drug-likeness (QED) is 0.164. The summed E-state index contributed by atoms with van der Waals surface area (Å²) < 4.78 is 1.80. The van der Waals surface area contributed by atoms with E-state index < -0.39 is 24.4 Å². The van der Waals surface area contributed by atoms with E-state index in [1.807, 2.05) is 49.4 Å². The Morgan fingerprint density at radius 3 is 2.37 bits per heavy atom. The molecular weight excluding hydrogens is 522 g/mol. The maximum Gasteiger partial charge on any atom is 0.329 e. The third-order valence-corrected chi connectivity index (χ3v) is 6.33. The molecule has 1 aliphatic rings. The van der Waals surface area contributed by atoms with Crippen LogP contribution in [0.2, 0.25) is 0 Å². The lowest BCUT2D eigenvalue weighted by Crippen LogP contribution is -2.38. The van der Waals surface area contributed by atoms with Crippen LogP contribution in [-0.2, 0) is 21.0 Å². The zero-order chi connectivity index (χ0) is 28.8. The number of carbonyl (C=O) groups is 4. The second kappa shape index (κ2) is 12.1. The monoisotopic (exact) mass is 549 g/mol. The summed E-state index contributed by atoms with van der Waals surface area (Å²) in [5, 5.41) is 5.23. The Morgan fingerprint density at radius 1 is 0.902 bits per heavy atom. The van der Waals surface area contributed by atoms with Crippen molar-refractivity contribution in [1.82, 2.24) is 20.3 Å². The smallest absolute Gasteiger partial charge is 0.325 e. The topological polar surface area (TPSA) is 122 Å². The van der Waals surface area contributed by atoms with E-state index >= 15 is 0 Å². The Bertz CT molecular complexity index is 1610. The molecule has 41 heavy (non-hydrogen) atoms. The molecule has 4 aromatic rings. The fourth-order valence-electron chi connectivity index (χ4n) is 4.18. The summed E-state index contributed by atoms with van der Waals surface area (Å²) in [5.41, 5.74) is 6.79. The van der Waals surface area contributed by atoms with Crippen molar-refractivity contribution in [1.29, 1.82) is 0 Å². The van der Waals surface area contributed by atoms with Gasteiger partial charge in [0.05, 0.1) is 6.61 Å². The number of nitrogens with zero attached hydrogens (tertiary/aromatic N) is 2. The van der Waals surface area contributed by atoms with Crippen LogP contribution in [0.5, 0.6) is 0 Å². The molecule has 5 amide bonds. The predicted octanol–water partition coefficient (Wildman–Crippen LogP) is 4.18. The van der Waals surface area contributed by atoms with Gasteiger partial charge in [0.15, 0.2) is 0 Å². The molecule has 1 aliphatic heterocycles. The average Bonchev–Trinajstić information content (AvgIpc) is 3.54. The molecule has 0 radical (unpaired) electrons. The first-order chi connectivity index (χ1) is 19.9. The molecule has 3 aromatic carbocycles. The molecule has 3 N–H and O–H groups in total. The number of hydrogen-bond acceptors (Lipinski definition) is 5. The number of benzene rings is 3. The number of hydrogen-bond donors (Lipinski definition) is 3. The van der Waals surface area contributed by atoms with Gasteiger partial charge in [-0.2, -0.15) is 0 Å². The van der Waals surface area contributed by atoms with Crippen molar-refractivity contribution in [3.05, 3.63) is 125 Å². The van der Waals surface area contributed by atoms with Crippen LogP contribution < -0.4 is 16.1 Å². The Kier molecular flexibility index (Phi) is 8.03. The summed E-state index contributed by atoms with van der Waals surface area (Å²) in [4.78, 5) is 56.5. The molecule has 0 aliphatic carbocycles. The van der Waals surface area contributed by atoms with Gasteiger partial charge >= 0.3 is 6.03 Å². The fourth-order valence-corrected chi connectivity index (χ4v) is 4.18. The Balaban J connectivity index is 1.21. The number of hydroxylamine groups is 1. The standard InChI is InChI=1S/C31H27N5O5/c1-21-9-13-24(14-10-21)32-28(37)19-36-30(39)27(33-31(36)40)18-26-8-5-17-35(26)25-15-11-23(12-16-25)29(38)34-41-20-22-6-3-2-4-7-22/h2-18H,19-20H2,1H3,(H,32,37)(H,33,40)(H,34,38)/b27-18-. The van der Waals surface area contributed by atoms with Gasteiger partial charge in [0.25, 0.3) is 11.8 Å². The zero-order valence-electron chi connectivity index (χ0n) is 22.2. The molecule has 1 fully saturated rings. The number of urea groups is 1. The lowest BCUT2D eigenvalue weighted by molar-refractivity contribution is -0.127. The first kappa shape index (κ1) is 27.1. The SMILES string of the molecule is Cc1ccc(NC(=O)CN2C(=O)N/C(=C\c3cccn3-c3ccc(C(=O)NOCc4ccccc4)cc3)C2=O)cc1. The minimum Gasteiger partial charge on any atom is -0.325 e. The van der Waals surface area contributed by atoms with Gasteiger partial charge in [-0.1, -0.05) is 48.0 Å². The van der Waals surface area contributed by atoms with Crippen LogP contribution >= 0.6 is 0 Å². The molecule has 0 spiro atoms. The molecule has 0 atom stereocenters. The molecule has 1 saturated heterocycles.